The second kappa shape index (κ2) is 4.84. The predicted octanol–water partition coefficient (Wildman–Crippen LogP) is -0.217. The number of carbonyl (C=O) groups is 2. The highest BCUT2D eigenvalue weighted by Crippen LogP contribution is 2.16. The van der Waals surface area contributed by atoms with E-state index in [4.69, 9.17) is 0 Å². The van der Waals surface area contributed by atoms with Crippen molar-refractivity contribution in [2.24, 2.45) is 7.05 Å². The van der Waals surface area contributed by atoms with Gasteiger partial charge >= 0.3 is 0 Å². The average Bonchev–Trinajstić information content (AvgIpc) is 3.06. The lowest BCUT2D eigenvalue weighted by molar-refractivity contribution is -0.123. The lowest BCUT2D eigenvalue weighted by Gasteiger charge is -2.26. The van der Waals surface area contributed by atoms with Gasteiger partial charge in [-0.15, -0.1) is 0 Å². The second-order valence-corrected chi connectivity index (χ2v) is 4.67. The first-order valence-corrected chi connectivity index (χ1v) is 6.38. The molecule has 1 saturated heterocycles. The second-order valence-electron chi connectivity index (χ2n) is 4.67. The highest BCUT2D eigenvalue weighted by atomic mass is 16.2. The van der Waals surface area contributed by atoms with Gasteiger partial charge in [-0.2, -0.15) is 5.10 Å². The minimum absolute atomic E-state index is 0.0961. The number of hydrogen-bond donors (Lipinski definition) is 1. The summed E-state index contributed by atoms with van der Waals surface area (Å²) in [5.41, 5.74) is 0.499. The van der Waals surface area contributed by atoms with Crippen molar-refractivity contribution in [3.8, 4) is 5.82 Å². The molecule has 0 saturated carbocycles. The number of aromatic nitrogens is 3. The topological polar surface area (TPSA) is 72.2 Å². The molecule has 2 aromatic rings. The average molecular weight is 273 g/mol. The van der Waals surface area contributed by atoms with E-state index >= 15 is 0 Å². The van der Waals surface area contributed by atoms with Gasteiger partial charge in [0, 0.05) is 32.5 Å². The molecule has 20 heavy (non-hydrogen) atoms. The van der Waals surface area contributed by atoms with Crippen molar-refractivity contribution in [3.63, 3.8) is 0 Å². The Labute approximate surface area is 115 Å². The van der Waals surface area contributed by atoms with E-state index in [2.05, 4.69) is 10.4 Å². The normalized spacial score (nSPS) is 15.2. The van der Waals surface area contributed by atoms with Crippen LogP contribution >= 0.6 is 0 Å². The lowest BCUT2D eigenvalue weighted by Crippen LogP contribution is -2.50. The fourth-order valence-corrected chi connectivity index (χ4v) is 2.35. The molecule has 0 unspecified atom stereocenters. The van der Waals surface area contributed by atoms with Gasteiger partial charge in [-0.05, 0) is 12.1 Å². The largest absolute Gasteiger partial charge is 0.353 e. The van der Waals surface area contributed by atoms with Gasteiger partial charge in [0.2, 0.25) is 5.91 Å². The number of hydrogen-bond acceptors (Lipinski definition) is 3. The van der Waals surface area contributed by atoms with Crippen molar-refractivity contribution in [1.29, 1.82) is 0 Å². The molecular weight excluding hydrogens is 258 g/mol. The van der Waals surface area contributed by atoms with Gasteiger partial charge in [0.1, 0.15) is 11.4 Å². The quantitative estimate of drug-likeness (QED) is 0.822. The standard InChI is InChI=1S/C13H15N5O2/c1-16-12(17-5-2-3-6-17)10(8-15-16)13(20)18-7-4-14-11(19)9-18/h2-3,5-6,8H,4,7,9H2,1H3,(H,14,19). The SMILES string of the molecule is Cn1ncc(C(=O)N2CCNC(=O)C2)c1-n1cccc1. The van der Waals surface area contributed by atoms with Gasteiger partial charge < -0.3 is 14.8 Å². The zero-order valence-corrected chi connectivity index (χ0v) is 11.1. The molecule has 1 fully saturated rings. The Hall–Kier alpha value is -2.57. The number of amides is 2. The number of nitrogens with zero attached hydrogens (tertiary/aromatic N) is 4. The molecule has 0 aliphatic carbocycles. The minimum Gasteiger partial charge on any atom is -0.353 e. The molecule has 0 radical (unpaired) electrons. The third-order valence-electron chi connectivity index (χ3n) is 3.31. The monoisotopic (exact) mass is 273 g/mol. The smallest absolute Gasteiger partial charge is 0.259 e. The summed E-state index contributed by atoms with van der Waals surface area (Å²) in [6, 6.07) is 3.77. The maximum Gasteiger partial charge on any atom is 0.259 e. The molecule has 3 rings (SSSR count). The number of aryl methyl sites for hydroxylation is 1. The van der Waals surface area contributed by atoms with E-state index in [9.17, 15) is 9.59 Å². The Bertz CT molecular complexity index is 644. The van der Waals surface area contributed by atoms with E-state index in [1.807, 2.05) is 29.1 Å². The third kappa shape index (κ3) is 2.07. The Morgan fingerprint density at radius 2 is 2.10 bits per heavy atom. The van der Waals surface area contributed by atoms with Gasteiger partial charge in [0.25, 0.3) is 5.91 Å². The summed E-state index contributed by atoms with van der Waals surface area (Å²) in [6.45, 7) is 1.10. The van der Waals surface area contributed by atoms with Crippen molar-refractivity contribution in [2.45, 2.75) is 0 Å². The summed E-state index contributed by atoms with van der Waals surface area (Å²) in [5, 5.41) is 6.86. The molecule has 1 aliphatic heterocycles. The molecule has 0 atom stereocenters. The maximum atomic E-state index is 12.6. The van der Waals surface area contributed by atoms with Crippen LogP contribution in [0.25, 0.3) is 5.82 Å². The summed E-state index contributed by atoms with van der Waals surface area (Å²) in [6.07, 6.45) is 5.26. The Kier molecular flexibility index (Phi) is 3.02. The first kappa shape index (κ1) is 12.5. The van der Waals surface area contributed by atoms with E-state index in [-0.39, 0.29) is 18.4 Å². The van der Waals surface area contributed by atoms with Crippen molar-refractivity contribution < 1.29 is 9.59 Å². The van der Waals surface area contributed by atoms with Crippen LogP contribution in [0.3, 0.4) is 0 Å². The molecular formula is C13H15N5O2. The molecule has 2 amide bonds. The summed E-state index contributed by atoms with van der Waals surface area (Å²) >= 11 is 0. The number of nitrogens with one attached hydrogen (secondary N) is 1. The predicted molar refractivity (Wildman–Crippen MR) is 71.4 cm³/mol. The van der Waals surface area contributed by atoms with Gasteiger partial charge in [-0.1, -0.05) is 0 Å². The number of rotatable bonds is 2. The zero-order valence-electron chi connectivity index (χ0n) is 11.1. The summed E-state index contributed by atoms with van der Waals surface area (Å²) in [5.74, 6) is 0.402. The molecule has 3 heterocycles. The van der Waals surface area contributed by atoms with Crippen LogP contribution in [0.4, 0.5) is 0 Å². The van der Waals surface area contributed by atoms with E-state index in [1.165, 1.54) is 0 Å². The van der Waals surface area contributed by atoms with Gasteiger partial charge in [-0.3, -0.25) is 14.3 Å². The number of piperazine rings is 1. The number of carbonyl (C=O) groups excluding carboxylic acids is 2. The van der Waals surface area contributed by atoms with Crippen LogP contribution < -0.4 is 5.32 Å². The summed E-state index contributed by atoms with van der Waals surface area (Å²) < 4.78 is 3.49. The summed E-state index contributed by atoms with van der Waals surface area (Å²) in [7, 11) is 1.79. The molecule has 0 aromatic carbocycles. The first-order valence-electron chi connectivity index (χ1n) is 6.38. The molecule has 7 nitrogen and oxygen atoms in total. The van der Waals surface area contributed by atoms with Gasteiger partial charge in [0.15, 0.2) is 0 Å². The van der Waals surface area contributed by atoms with Crippen LogP contribution in [0.15, 0.2) is 30.7 Å². The van der Waals surface area contributed by atoms with Crippen LogP contribution in [0.1, 0.15) is 10.4 Å². The molecule has 104 valence electrons. The van der Waals surface area contributed by atoms with E-state index in [0.717, 1.165) is 0 Å². The molecule has 2 aromatic heterocycles. The van der Waals surface area contributed by atoms with Crippen LogP contribution in [-0.4, -0.2) is 50.7 Å². The summed E-state index contributed by atoms with van der Waals surface area (Å²) in [4.78, 5) is 25.5. The molecule has 0 bridgehead atoms. The van der Waals surface area contributed by atoms with Crippen molar-refractivity contribution >= 4 is 11.8 Å². The highest BCUT2D eigenvalue weighted by Gasteiger charge is 2.26. The third-order valence-corrected chi connectivity index (χ3v) is 3.31. The van der Waals surface area contributed by atoms with Crippen molar-refractivity contribution in [3.05, 3.63) is 36.3 Å². The minimum atomic E-state index is -0.170. The Morgan fingerprint density at radius 3 is 2.80 bits per heavy atom. The van der Waals surface area contributed by atoms with Gasteiger partial charge in [-0.25, -0.2) is 0 Å². The van der Waals surface area contributed by atoms with Crippen LogP contribution in [0, 0.1) is 0 Å². The zero-order chi connectivity index (χ0) is 14.1. The highest BCUT2D eigenvalue weighted by molar-refractivity contribution is 5.99. The van der Waals surface area contributed by atoms with E-state index < -0.39 is 0 Å². The molecule has 1 aliphatic rings. The van der Waals surface area contributed by atoms with E-state index in [1.54, 1.807) is 22.8 Å². The molecule has 7 heteroatoms. The fraction of sp³-hybridized carbons (Fsp3) is 0.308. The Balaban J connectivity index is 1.94. The Morgan fingerprint density at radius 1 is 1.35 bits per heavy atom. The van der Waals surface area contributed by atoms with Crippen molar-refractivity contribution in [1.82, 2.24) is 24.6 Å². The maximum absolute atomic E-state index is 12.6. The molecule has 0 spiro atoms. The van der Waals surface area contributed by atoms with Crippen LogP contribution in [-0.2, 0) is 11.8 Å². The first-order chi connectivity index (χ1) is 9.66. The van der Waals surface area contributed by atoms with E-state index in [0.29, 0.717) is 24.5 Å². The van der Waals surface area contributed by atoms with Gasteiger partial charge in [0.05, 0.1) is 12.7 Å². The van der Waals surface area contributed by atoms with Crippen LogP contribution in [0.5, 0.6) is 0 Å². The van der Waals surface area contributed by atoms with Crippen molar-refractivity contribution in [2.75, 3.05) is 19.6 Å². The van der Waals surface area contributed by atoms with Crippen LogP contribution in [0.2, 0.25) is 0 Å². The molecule has 1 N–H and O–H groups in total. The fourth-order valence-electron chi connectivity index (χ4n) is 2.35. The lowest BCUT2D eigenvalue weighted by atomic mass is 10.2.